The maximum absolute atomic E-state index is 12.8. The molecule has 1 atom stereocenters. The summed E-state index contributed by atoms with van der Waals surface area (Å²) in [7, 11) is 0. The topological polar surface area (TPSA) is 89.0 Å². The summed E-state index contributed by atoms with van der Waals surface area (Å²) in [5.74, 6) is -0.0498. The summed E-state index contributed by atoms with van der Waals surface area (Å²) < 4.78 is 44.6. The fraction of sp³-hybridized carbons (Fsp3) is 0.286. The lowest BCUT2D eigenvalue weighted by molar-refractivity contribution is -0.137. The van der Waals surface area contributed by atoms with Crippen LogP contribution < -0.4 is 11.0 Å². The van der Waals surface area contributed by atoms with Crippen molar-refractivity contribution < 1.29 is 22.7 Å². The predicted octanol–water partition coefficient (Wildman–Crippen LogP) is 3.70. The molecule has 32 heavy (non-hydrogen) atoms. The van der Waals surface area contributed by atoms with Crippen molar-refractivity contribution >= 4 is 17.5 Å². The summed E-state index contributed by atoms with van der Waals surface area (Å²) in [4.78, 5) is 27.1. The average molecular weight is 467 g/mol. The maximum Gasteiger partial charge on any atom is 0.416 e. The molecule has 11 heteroatoms. The molecule has 1 fully saturated rings. The minimum Gasteiger partial charge on any atom is -0.368 e. The summed E-state index contributed by atoms with van der Waals surface area (Å²) >= 11 is 6.27. The lowest BCUT2D eigenvalue weighted by atomic mass is 10.1. The van der Waals surface area contributed by atoms with Crippen LogP contribution in [0.1, 0.15) is 24.0 Å². The number of nitrogens with zero attached hydrogens (tertiary/aromatic N) is 2. The number of amides is 1. The summed E-state index contributed by atoms with van der Waals surface area (Å²) in [6.45, 7) is 0.796. The van der Waals surface area contributed by atoms with Crippen LogP contribution in [0.4, 0.5) is 13.2 Å². The van der Waals surface area contributed by atoms with Gasteiger partial charge in [-0.3, -0.25) is 9.78 Å². The Balaban J connectivity index is 1.55. The van der Waals surface area contributed by atoms with Gasteiger partial charge < -0.3 is 10.1 Å². The molecule has 0 aliphatic carbocycles. The number of carbonyl (C=O) groups excluding carboxylic acids is 1. The number of hydrogen-bond donors (Lipinski definition) is 2. The minimum atomic E-state index is -4.48. The van der Waals surface area contributed by atoms with Gasteiger partial charge in [-0.2, -0.15) is 17.9 Å². The zero-order chi connectivity index (χ0) is 22.9. The van der Waals surface area contributed by atoms with Gasteiger partial charge in [-0.1, -0.05) is 17.7 Å². The Kier molecular flexibility index (Phi) is 6.07. The third-order valence-corrected chi connectivity index (χ3v) is 5.36. The normalized spacial score (nSPS) is 16.3. The van der Waals surface area contributed by atoms with Crippen LogP contribution in [0.2, 0.25) is 5.02 Å². The first-order valence-corrected chi connectivity index (χ1v) is 10.2. The van der Waals surface area contributed by atoms with E-state index in [9.17, 15) is 22.8 Å². The van der Waals surface area contributed by atoms with E-state index in [1.165, 1.54) is 0 Å². The van der Waals surface area contributed by atoms with Gasteiger partial charge in [0, 0.05) is 18.7 Å². The number of aromatic nitrogens is 3. The van der Waals surface area contributed by atoms with Gasteiger partial charge in [-0.15, -0.1) is 5.10 Å². The number of alkyl halides is 3. The van der Waals surface area contributed by atoms with Crippen molar-refractivity contribution in [2.24, 2.45) is 0 Å². The molecule has 0 bridgehead atoms. The second-order valence-electron chi connectivity index (χ2n) is 7.27. The molecule has 1 saturated heterocycles. The van der Waals surface area contributed by atoms with Gasteiger partial charge in [-0.05, 0) is 54.8 Å². The van der Waals surface area contributed by atoms with Crippen LogP contribution in [0.5, 0.6) is 0 Å². The molecule has 2 N–H and O–H groups in total. The van der Waals surface area contributed by atoms with E-state index in [1.807, 2.05) is 0 Å². The van der Waals surface area contributed by atoms with Gasteiger partial charge >= 0.3 is 11.9 Å². The summed E-state index contributed by atoms with van der Waals surface area (Å²) in [6.07, 6.45) is -3.40. The van der Waals surface area contributed by atoms with E-state index in [0.29, 0.717) is 23.6 Å². The van der Waals surface area contributed by atoms with E-state index in [4.69, 9.17) is 16.3 Å². The SMILES string of the molecule is O=C(NCc1ccc(Cl)c(-c2nn(-c3ccc(C(F)(F)F)cc3)c(=O)[nH]2)c1)[C@H]1CCCO1. The standard InChI is InChI=1S/C21H18ClF3N4O3/c22-16-8-3-12(11-26-19(30)17-2-1-9-32-17)10-15(16)18-27-20(31)29(28-18)14-6-4-13(5-7-14)21(23,24)25/h3-8,10,17H,1-2,9,11H2,(H,26,30)(H,27,28,31)/t17-/m1/s1. The first-order chi connectivity index (χ1) is 15.2. The van der Waals surface area contributed by atoms with Crippen molar-refractivity contribution in [2.45, 2.75) is 31.7 Å². The number of ether oxygens (including phenoxy) is 1. The molecule has 3 aromatic rings. The zero-order valence-corrected chi connectivity index (χ0v) is 17.3. The van der Waals surface area contributed by atoms with Gasteiger partial charge in [0.1, 0.15) is 6.10 Å². The van der Waals surface area contributed by atoms with Crippen molar-refractivity contribution in [3.63, 3.8) is 0 Å². The lowest BCUT2D eigenvalue weighted by Crippen LogP contribution is -2.33. The number of H-pyrrole nitrogens is 1. The maximum atomic E-state index is 12.8. The predicted molar refractivity (Wildman–Crippen MR) is 110 cm³/mol. The van der Waals surface area contributed by atoms with Gasteiger partial charge in [0.2, 0.25) is 5.91 Å². The van der Waals surface area contributed by atoms with Crippen LogP contribution in [-0.2, 0) is 22.3 Å². The Bertz CT molecular complexity index is 1180. The third-order valence-electron chi connectivity index (χ3n) is 5.03. The van der Waals surface area contributed by atoms with Crippen molar-refractivity contribution in [1.82, 2.24) is 20.1 Å². The highest BCUT2D eigenvalue weighted by Gasteiger charge is 2.30. The molecule has 168 valence electrons. The highest BCUT2D eigenvalue weighted by atomic mass is 35.5. The molecular formula is C21H18ClF3N4O3. The van der Waals surface area contributed by atoms with Gasteiger partial charge in [0.15, 0.2) is 5.82 Å². The van der Waals surface area contributed by atoms with E-state index in [0.717, 1.165) is 40.9 Å². The minimum absolute atomic E-state index is 0.146. The monoisotopic (exact) mass is 466 g/mol. The Labute approximate surface area is 185 Å². The second-order valence-corrected chi connectivity index (χ2v) is 7.68. The number of benzene rings is 2. The fourth-order valence-corrected chi connectivity index (χ4v) is 3.57. The third kappa shape index (κ3) is 4.71. The molecule has 7 nitrogen and oxygen atoms in total. The van der Waals surface area contributed by atoms with Gasteiger partial charge in [-0.25, -0.2) is 4.79 Å². The van der Waals surface area contributed by atoms with Crippen LogP contribution in [0.3, 0.4) is 0 Å². The number of carbonyl (C=O) groups is 1. The summed E-state index contributed by atoms with van der Waals surface area (Å²) in [6, 6.07) is 9.09. The first-order valence-electron chi connectivity index (χ1n) is 9.77. The molecule has 0 radical (unpaired) electrons. The smallest absolute Gasteiger partial charge is 0.368 e. The first kappa shape index (κ1) is 22.1. The Hall–Kier alpha value is -3.11. The van der Waals surface area contributed by atoms with Crippen LogP contribution in [0, 0.1) is 0 Å². The summed E-state index contributed by atoms with van der Waals surface area (Å²) in [5.41, 5.74) is -0.153. The average Bonchev–Trinajstić information content (AvgIpc) is 3.42. The molecule has 2 aromatic carbocycles. The Morgan fingerprint density at radius 1 is 1.25 bits per heavy atom. The number of hydrogen-bond acceptors (Lipinski definition) is 4. The molecule has 1 aliphatic heterocycles. The molecule has 2 heterocycles. The highest BCUT2D eigenvalue weighted by molar-refractivity contribution is 6.33. The molecule has 1 aromatic heterocycles. The number of rotatable bonds is 5. The largest absolute Gasteiger partial charge is 0.416 e. The lowest BCUT2D eigenvalue weighted by Gasteiger charge is -2.11. The zero-order valence-electron chi connectivity index (χ0n) is 16.6. The van der Waals surface area contributed by atoms with Gasteiger partial charge in [0.05, 0.1) is 16.3 Å². The van der Waals surface area contributed by atoms with Crippen LogP contribution in [-0.4, -0.2) is 33.4 Å². The molecule has 1 amide bonds. The molecule has 0 saturated carbocycles. The van der Waals surface area contributed by atoms with E-state index < -0.39 is 23.5 Å². The van der Waals surface area contributed by atoms with Crippen molar-refractivity contribution in [3.05, 3.63) is 69.1 Å². The van der Waals surface area contributed by atoms with Crippen LogP contribution in [0.25, 0.3) is 17.1 Å². The molecule has 1 aliphatic rings. The van der Waals surface area contributed by atoms with E-state index in [1.54, 1.807) is 18.2 Å². The number of nitrogens with one attached hydrogen (secondary N) is 2. The van der Waals surface area contributed by atoms with Crippen LogP contribution >= 0.6 is 11.6 Å². The van der Waals surface area contributed by atoms with E-state index >= 15 is 0 Å². The van der Waals surface area contributed by atoms with Crippen molar-refractivity contribution in [2.75, 3.05) is 6.61 Å². The number of halogens is 4. The summed E-state index contributed by atoms with van der Waals surface area (Å²) in [5, 5.41) is 7.29. The van der Waals surface area contributed by atoms with E-state index in [2.05, 4.69) is 15.4 Å². The van der Waals surface area contributed by atoms with Gasteiger partial charge in [0.25, 0.3) is 0 Å². The quantitative estimate of drug-likeness (QED) is 0.600. The molecular weight excluding hydrogens is 449 g/mol. The molecule has 0 unspecified atom stereocenters. The molecule has 0 spiro atoms. The molecule has 4 rings (SSSR count). The van der Waals surface area contributed by atoms with Crippen molar-refractivity contribution in [3.8, 4) is 17.1 Å². The highest BCUT2D eigenvalue weighted by Crippen LogP contribution is 2.30. The Morgan fingerprint density at radius 2 is 2.00 bits per heavy atom. The fourth-order valence-electron chi connectivity index (χ4n) is 3.36. The van der Waals surface area contributed by atoms with Crippen LogP contribution in [0.15, 0.2) is 47.3 Å². The van der Waals surface area contributed by atoms with Crippen molar-refractivity contribution in [1.29, 1.82) is 0 Å². The number of aromatic amines is 1. The second kappa shape index (κ2) is 8.79. The Morgan fingerprint density at radius 3 is 2.66 bits per heavy atom. The van der Waals surface area contributed by atoms with E-state index in [-0.39, 0.29) is 24.0 Å².